The van der Waals surface area contributed by atoms with Gasteiger partial charge in [-0.25, -0.2) is 15.0 Å². The molecule has 4 aromatic rings. The van der Waals surface area contributed by atoms with Crippen LogP contribution in [0.3, 0.4) is 0 Å². The first-order valence-corrected chi connectivity index (χ1v) is 15.4. The van der Waals surface area contributed by atoms with Gasteiger partial charge in [-0.05, 0) is 70.5 Å². The Kier molecular flexibility index (Phi) is 11.6. The molecule has 4 rings (SSSR count). The molecular weight excluding hydrogens is 538 g/mol. The Morgan fingerprint density at radius 3 is 1.74 bits per heavy atom. The number of nitrogens with zero attached hydrogens (tertiary/aromatic N) is 3. The first-order chi connectivity index (χ1) is 20.7. The van der Waals surface area contributed by atoms with E-state index in [4.69, 9.17) is 24.4 Å². The predicted molar refractivity (Wildman–Crippen MR) is 172 cm³/mol. The molecule has 1 unspecified atom stereocenters. The highest BCUT2D eigenvalue weighted by Crippen LogP contribution is 2.33. The summed E-state index contributed by atoms with van der Waals surface area (Å²) in [4.78, 5) is 14.4. The largest absolute Gasteiger partial charge is 0.507 e. The highest BCUT2D eigenvalue weighted by Gasteiger charge is 2.17. The van der Waals surface area contributed by atoms with Crippen molar-refractivity contribution >= 4 is 0 Å². The van der Waals surface area contributed by atoms with E-state index in [1.54, 1.807) is 12.1 Å². The van der Waals surface area contributed by atoms with Crippen LogP contribution in [0.1, 0.15) is 67.7 Å². The van der Waals surface area contributed by atoms with Crippen LogP contribution in [0.25, 0.3) is 34.2 Å². The van der Waals surface area contributed by atoms with Gasteiger partial charge in [0.15, 0.2) is 17.5 Å². The number of aryl methyl sites for hydroxylation is 4. The normalized spacial score (nSPS) is 12.0. The van der Waals surface area contributed by atoms with Gasteiger partial charge >= 0.3 is 0 Å². The van der Waals surface area contributed by atoms with E-state index in [-0.39, 0.29) is 19.0 Å². The van der Waals surface area contributed by atoms with E-state index in [0.29, 0.717) is 35.4 Å². The monoisotopic (exact) mass is 583 g/mol. The first-order valence-electron chi connectivity index (χ1n) is 15.4. The summed E-state index contributed by atoms with van der Waals surface area (Å²) in [5.41, 5.74) is 6.70. The van der Waals surface area contributed by atoms with Crippen molar-refractivity contribution in [2.24, 2.45) is 0 Å². The molecule has 0 saturated heterocycles. The maximum Gasteiger partial charge on any atom is 0.167 e. The van der Waals surface area contributed by atoms with Crippen molar-refractivity contribution < 1.29 is 19.7 Å². The predicted octanol–water partition coefficient (Wildman–Crippen LogP) is 7.93. The molecule has 7 nitrogen and oxygen atoms in total. The molecular formula is C36H45N3O4. The molecule has 0 amide bonds. The summed E-state index contributed by atoms with van der Waals surface area (Å²) in [7, 11) is 0. The van der Waals surface area contributed by atoms with Gasteiger partial charge in [-0.1, -0.05) is 73.4 Å². The standard InChI is InChI=1S/C36H45N3O4/c1-6-7-8-9-10-11-14-42-22-30(40)23-43-31-12-13-32(33(41)21-31)36-38-34(28-17-24(2)15-25(3)18-28)37-35(39-36)29-19-26(4)16-27(5)20-29/h12-13,15-21,30,40-41H,6-11,14,22-23H2,1-5H3. The van der Waals surface area contributed by atoms with Crippen molar-refractivity contribution in [2.45, 2.75) is 79.2 Å². The molecule has 0 aliphatic heterocycles. The second-order valence-electron chi connectivity index (χ2n) is 11.5. The van der Waals surface area contributed by atoms with E-state index in [1.807, 2.05) is 27.7 Å². The Labute approximate surface area is 256 Å². The molecule has 7 heteroatoms. The number of aromatic nitrogens is 3. The van der Waals surface area contributed by atoms with Gasteiger partial charge in [0.1, 0.15) is 24.2 Å². The van der Waals surface area contributed by atoms with Gasteiger partial charge < -0.3 is 19.7 Å². The van der Waals surface area contributed by atoms with Crippen molar-refractivity contribution in [3.05, 3.63) is 76.9 Å². The van der Waals surface area contributed by atoms with Crippen LogP contribution in [-0.4, -0.2) is 51.1 Å². The Morgan fingerprint density at radius 2 is 1.19 bits per heavy atom. The van der Waals surface area contributed by atoms with Crippen LogP contribution in [0.5, 0.6) is 11.5 Å². The molecule has 0 bridgehead atoms. The number of benzene rings is 3. The van der Waals surface area contributed by atoms with Crippen LogP contribution in [0.15, 0.2) is 54.6 Å². The smallest absolute Gasteiger partial charge is 0.167 e. The SMILES string of the molecule is CCCCCCCCOCC(O)COc1ccc(-c2nc(-c3cc(C)cc(C)c3)nc(-c3cc(C)cc(C)c3)n2)c(O)c1. The minimum absolute atomic E-state index is 0.0183. The second kappa shape index (κ2) is 15.6. The third kappa shape index (κ3) is 9.60. The molecule has 0 spiro atoms. The molecule has 0 fully saturated rings. The highest BCUT2D eigenvalue weighted by atomic mass is 16.5. The van der Waals surface area contributed by atoms with Crippen LogP contribution in [0.2, 0.25) is 0 Å². The van der Waals surface area contributed by atoms with E-state index in [2.05, 4.69) is 43.3 Å². The quantitative estimate of drug-likeness (QED) is 0.137. The molecule has 3 aromatic carbocycles. The van der Waals surface area contributed by atoms with Crippen molar-refractivity contribution in [1.82, 2.24) is 15.0 Å². The Morgan fingerprint density at radius 1 is 0.651 bits per heavy atom. The number of unbranched alkanes of at least 4 members (excludes halogenated alkanes) is 5. The lowest BCUT2D eigenvalue weighted by Gasteiger charge is -2.14. The zero-order chi connectivity index (χ0) is 30.8. The zero-order valence-electron chi connectivity index (χ0n) is 26.2. The van der Waals surface area contributed by atoms with E-state index in [9.17, 15) is 10.2 Å². The third-order valence-electron chi connectivity index (χ3n) is 7.20. The summed E-state index contributed by atoms with van der Waals surface area (Å²) in [5, 5.41) is 21.3. The fourth-order valence-corrected chi connectivity index (χ4v) is 5.20. The Bertz CT molecular complexity index is 1390. The van der Waals surface area contributed by atoms with Crippen LogP contribution in [0, 0.1) is 27.7 Å². The van der Waals surface area contributed by atoms with Crippen LogP contribution in [-0.2, 0) is 4.74 Å². The van der Waals surface area contributed by atoms with Gasteiger partial charge in [-0.15, -0.1) is 0 Å². The fourth-order valence-electron chi connectivity index (χ4n) is 5.20. The minimum Gasteiger partial charge on any atom is -0.507 e. The number of phenolic OH excluding ortho intramolecular Hbond substituents is 1. The third-order valence-corrected chi connectivity index (χ3v) is 7.20. The number of phenols is 1. The summed E-state index contributed by atoms with van der Waals surface area (Å²) in [6.07, 6.45) is 6.42. The van der Waals surface area contributed by atoms with Gasteiger partial charge in [0.25, 0.3) is 0 Å². The summed E-state index contributed by atoms with van der Waals surface area (Å²) >= 11 is 0. The zero-order valence-corrected chi connectivity index (χ0v) is 26.2. The van der Waals surface area contributed by atoms with E-state index < -0.39 is 6.10 Å². The minimum atomic E-state index is -0.758. The van der Waals surface area contributed by atoms with Crippen LogP contribution >= 0.6 is 0 Å². The van der Waals surface area contributed by atoms with Crippen molar-refractivity contribution in [2.75, 3.05) is 19.8 Å². The molecule has 2 N–H and O–H groups in total. The van der Waals surface area contributed by atoms with E-state index in [0.717, 1.165) is 46.2 Å². The van der Waals surface area contributed by atoms with E-state index >= 15 is 0 Å². The number of aromatic hydroxyl groups is 1. The van der Waals surface area contributed by atoms with Gasteiger partial charge in [-0.2, -0.15) is 0 Å². The maximum absolute atomic E-state index is 11.0. The average Bonchev–Trinajstić information content (AvgIpc) is 2.96. The Balaban J connectivity index is 1.49. The molecule has 1 heterocycles. The number of aliphatic hydroxyl groups excluding tert-OH is 1. The van der Waals surface area contributed by atoms with Crippen LogP contribution < -0.4 is 4.74 Å². The molecule has 43 heavy (non-hydrogen) atoms. The number of ether oxygens (including phenoxy) is 2. The summed E-state index contributed by atoms with van der Waals surface area (Å²) in [6.45, 7) is 11.3. The van der Waals surface area contributed by atoms with E-state index in [1.165, 1.54) is 31.7 Å². The highest BCUT2D eigenvalue weighted by molar-refractivity contribution is 5.71. The lowest BCUT2D eigenvalue weighted by molar-refractivity contribution is 0.0109. The topological polar surface area (TPSA) is 97.6 Å². The molecule has 1 aromatic heterocycles. The molecule has 0 saturated carbocycles. The summed E-state index contributed by atoms with van der Waals surface area (Å²) in [5.74, 6) is 1.86. The van der Waals surface area contributed by atoms with Crippen molar-refractivity contribution in [3.63, 3.8) is 0 Å². The lowest BCUT2D eigenvalue weighted by Crippen LogP contribution is -2.23. The lowest BCUT2D eigenvalue weighted by atomic mass is 10.1. The number of hydrogen-bond acceptors (Lipinski definition) is 7. The maximum atomic E-state index is 11.0. The first kappa shape index (κ1) is 32.1. The molecule has 1 atom stereocenters. The molecule has 0 aliphatic carbocycles. The fraction of sp³-hybridized carbons (Fsp3) is 0.417. The van der Waals surface area contributed by atoms with Crippen molar-refractivity contribution in [3.8, 4) is 45.7 Å². The van der Waals surface area contributed by atoms with Gasteiger partial charge in [0.05, 0.1) is 12.2 Å². The van der Waals surface area contributed by atoms with Gasteiger partial charge in [-0.3, -0.25) is 0 Å². The summed E-state index contributed by atoms with van der Waals surface area (Å²) < 4.78 is 11.4. The average molecular weight is 584 g/mol. The molecule has 0 aliphatic rings. The number of rotatable bonds is 15. The van der Waals surface area contributed by atoms with Crippen molar-refractivity contribution in [1.29, 1.82) is 0 Å². The number of aliphatic hydroxyl groups is 1. The Hall–Kier alpha value is -3.81. The number of hydrogen-bond donors (Lipinski definition) is 2. The van der Waals surface area contributed by atoms with Crippen LogP contribution in [0.4, 0.5) is 0 Å². The molecule has 0 radical (unpaired) electrons. The second-order valence-corrected chi connectivity index (χ2v) is 11.5. The van der Waals surface area contributed by atoms with Gasteiger partial charge in [0, 0.05) is 23.8 Å². The molecule has 228 valence electrons. The summed E-state index contributed by atoms with van der Waals surface area (Å²) in [6, 6.07) is 17.4. The van der Waals surface area contributed by atoms with Gasteiger partial charge in [0.2, 0.25) is 0 Å².